The van der Waals surface area contributed by atoms with Gasteiger partial charge in [-0.1, -0.05) is 24.3 Å². The van der Waals surface area contributed by atoms with Crippen LogP contribution in [0.15, 0.2) is 48.0 Å². The van der Waals surface area contributed by atoms with Crippen LogP contribution in [0, 0.1) is 6.92 Å². The summed E-state index contributed by atoms with van der Waals surface area (Å²) in [5, 5.41) is 11.3. The van der Waals surface area contributed by atoms with Crippen LogP contribution in [0.4, 0.5) is 0 Å². The second-order valence-electron chi connectivity index (χ2n) is 8.78. The summed E-state index contributed by atoms with van der Waals surface area (Å²) >= 11 is 0. The molecule has 2 aromatic rings. The fraction of sp³-hybridized carbons (Fsp3) is 0.385. The molecule has 2 aliphatic rings. The van der Waals surface area contributed by atoms with Crippen LogP contribution in [-0.4, -0.2) is 60.4 Å². The van der Waals surface area contributed by atoms with Crippen molar-refractivity contribution in [3.63, 3.8) is 0 Å². The van der Waals surface area contributed by atoms with E-state index in [1.165, 1.54) is 0 Å². The van der Waals surface area contributed by atoms with Crippen molar-refractivity contribution in [3.8, 4) is 5.75 Å². The van der Waals surface area contributed by atoms with Gasteiger partial charge in [0.05, 0.1) is 18.2 Å². The number of benzene rings is 2. The SMILES string of the molecule is Cc1ccccc1C1/C(=C(\O)c2ccc3c(c2)CCCO3)C(=O)C(=O)N1CCCN(C)C. The number of carbonyl (C=O) groups excluding carboxylic acids is 2. The molecule has 1 fully saturated rings. The lowest BCUT2D eigenvalue weighted by molar-refractivity contribution is -0.139. The normalized spacial score (nSPS) is 19.9. The van der Waals surface area contributed by atoms with E-state index in [0.717, 1.165) is 48.2 Å². The Bertz CT molecular complexity index is 1070. The number of aryl methyl sites for hydroxylation is 2. The number of aliphatic hydroxyl groups excluding tert-OH is 1. The van der Waals surface area contributed by atoms with Crippen molar-refractivity contribution < 1.29 is 19.4 Å². The Labute approximate surface area is 189 Å². The van der Waals surface area contributed by atoms with Gasteiger partial charge in [-0.25, -0.2) is 0 Å². The maximum atomic E-state index is 13.2. The number of carbonyl (C=O) groups is 2. The van der Waals surface area contributed by atoms with E-state index in [2.05, 4.69) is 4.90 Å². The Morgan fingerprint density at radius 1 is 1.19 bits per heavy atom. The van der Waals surface area contributed by atoms with Gasteiger partial charge >= 0.3 is 0 Å². The Hall–Kier alpha value is -3.12. The summed E-state index contributed by atoms with van der Waals surface area (Å²) < 4.78 is 5.68. The van der Waals surface area contributed by atoms with Crippen molar-refractivity contribution in [2.75, 3.05) is 33.8 Å². The van der Waals surface area contributed by atoms with Gasteiger partial charge in [-0.05, 0) is 81.7 Å². The number of hydrogen-bond acceptors (Lipinski definition) is 5. The molecular weight excluding hydrogens is 404 g/mol. The molecule has 0 aliphatic carbocycles. The zero-order chi connectivity index (χ0) is 22.8. The number of ketones is 1. The van der Waals surface area contributed by atoms with Crippen molar-refractivity contribution in [1.82, 2.24) is 9.80 Å². The maximum Gasteiger partial charge on any atom is 0.295 e. The van der Waals surface area contributed by atoms with Crippen molar-refractivity contribution in [3.05, 3.63) is 70.3 Å². The van der Waals surface area contributed by atoms with Crippen molar-refractivity contribution >= 4 is 17.4 Å². The quantitative estimate of drug-likeness (QED) is 0.427. The number of fused-ring (bicyclic) bond motifs is 1. The molecule has 1 saturated heterocycles. The lowest BCUT2D eigenvalue weighted by Crippen LogP contribution is -2.32. The highest BCUT2D eigenvalue weighted by atomic mass is 16.5. The summed E-state index contributed by atoms with van der Waals surface area (Å²) in [5.41, 5.74) is 3.54. The predicted molar refractivity (Wildman–Crippen MR) is 124 cm³/mol. The van der Waals surface area contributed by atoms with E-state index in [1.54, 1.807) is 11.0 Å². The monoisotopic (exact) mass is 434 g/mol. The molecule has 4 rings (SSSR count). The first-order chi connectivity index (χ1) is 15.4. The lowest BCUT2D eigenvalue weighted by atomic mass is 9.92. The fourth-order valence-electron chi connectivity index (χ4n) is 4.55. The van der Waals surface area contributed by atoms with E-state index in [0.29, 0.717) is 18.7 Å². The molecule has 0 spiro atoms. The third-order valence-electron chi connectivity index (χ3n) is 6.21. The average Bonchev–Trinajstić information content (AvgIpc) is 3.03. The lowest BCUT2D eigenvalue weighted by Gasteiger charge is -2.27. The predicted octanol–water partition coefficient (Wildman–Crippen LogP) is 3.69. The van der Waals surface area contributed by atoms with E-state index < -0.39 is 17.7 Å². The van der Waals surface area contributed by atoms with Gasteiger partial charge < -0.3 is 19.6 Å². The number of amides is 1. The number of ether oxygens (including phenoxy) is 1. The molecule has 32 heavy (non-hydrogen) atoms. The number of nitrogens with zero attached hydrogens (tertiary/aromatic N) is 2. The smallest absolute Gasteiger partial charge is 0.295 e. The first-order valence-electron chi connectivity index (χ1n) is 11.1. The van der Waals surface area contributed by atoms with Gasteiger partial charge in [0.25, 0.3) is 11.7 Å². The van der Waals surface area contributed by atoms with E-state index in [4.69, 9.17) is 4.74 Å². The summed E-state index contributed by atoms with van der Waals surface area (Å²) in [6.45, 7) is 3.89. The van der Waals surface area contributed by atoms with Gasteiger partial charge in [0.15, 0.2) is 0 Å². The van der Waals surface area contributed by atoms with Crippen molar-refractivity contribution in [1.29, 1.82) is 0 Å². The van der Waals surface area contributed by atoms with E-state index in [-0.39, 0.29) is 11.3 Å². The van der Waals surface area contributed by atoms with Gasteiger partial charge in [-0.3, -0.25) is 9.59 Å². The van der Waals surface area contributed by atoms with E-state index in [9.17, 15) is 14.7 Å². The third-order valence-corrected chi connectivity index (χ3v) is 6.21. The van der Waals surface area contributed by atoms with Gasteiger partial charge in [0, 0.05) is 12.1 Å². The third kappa shape index (κ3) is 4.15. The number of aliphatic hydroxyl groups is 1. The summed E-state index contributed by atoms with van der Waals surface area (Å²) in [4.78, 5) is 29.9. The number of likely N-dealkylation sites (tertiary alicyclic amines) is 1. The molecule has 1 unspecified atom stereocenters. The molecule has 168 valence electrons. The molecule has 1 atom stereocenters. The molecule has 2 heterocycles. The van der Waals surface area contributed by atoms with Crippen LogP contribution in [0.3, 0.4) is 0 Å². The van der Waals surface area contributed by atoms with Crippen LogP contribution >= 0.6 is 0 Å². The second-order valence-corrected chi connectivity index (χ2v) is 8.78. The zero-order valence-electron chi connectivity index (χ0n) is 18.9. The minimum atomic E-state index is -0.630. The molecule has 6 nitrogen and oxygen atoms in total. The minimum Gasteiger partial charge on any atom is -0.507 e. The molecule has 1 amide bonds. The molecule has 0 bridgehead atoms. The first-order valence-corrected chi connectivity index (χ1v) is 11.1. The van der Waals surface area contributed by atoms with Crippen LogP contribution in [-0.2, 0) is 16.0 Å². The van der Waals surface area contributed by atoms with Crippen LogP contribution in [0.5, 0.6) is 5.75 Å². The van der Waals surface area contributed by atoms with Gasteiger partial charge in [0.1, 0.15) is 11.5 Å². The zero-order valence-corrected chi connectivity index (χ0v) is 18.9. The number of Topliss-reactive ketones (excluding diaryl/α,β-unsaturated/α-hetero) is 1. The molecule has 0 saturated carbocycles. The summed E-state index contributed by atoms with van der Waals surface area (Å²) in [6, 6.07) is 12.6. The molecule has 2 aliphatic heterocycles. The number of hydrogen-bond donors (Lipinski definition) is 1. The van der Waals surface area contributed by atoms with Gasteiger partial charge in [0.2, 0.25) is 0 Å². The van der Waals surface area contributed by atoms with Gasteiger partial charge in [-0.2, -0.15) is 0 Å². The molecule has 2 aromatic carbocycles. The molecule has 0 aromatic heterocycles. The molecule has 1 N–H and O–H groups in total. The van der Waals surface area contributed by atoms with Crippen LogP contribution in [0.2, 0.25) is 0 Å². The van der Waals surface area contributed by atoms with Crippen LogP contribution in [0.25, 0.3) is 5.76 Å². The standard InChI is InChI=1S/C26H30N2O4/c1-17-8-4-5-10-20(17)23-22(25(30)26(31)28(23)14-7-13-27(2)3)24(29)19-11-12-21-18(16-19)9-6-15-32-21/h4-5,8,10-12,16,23,29H,6-7,9,13-15H2,1-3H3/b24-22+. The Morgan fingerprint density at radius 2 is 1.97 bits per heavy atom. The first kappa shape index (κ1) is 22.1. The van der Waals surface area contributed by atoms with Crippen molar-refractivity contribution in [2.24, 2.45) is 0 Å². The largest absolute Gasteiger partial charge is 0.507 e. The summed E-state index contributed by atoms with van der Waals surface area (Å²) in [5.74, 6) is -0.498. The van der Waals surface area contributed by atoms with Gasteiger partial charge in [-0.15, -0.1) is 0 Å². The van der Waals surface area contributed by atoms with E-state index >= 15 is 0 Å². The molecular formula is C26H30N2O4. The summed E-state index contributed by atoms with van der Waals surface area (Å²) in [7, 11) is 3.96. The molecule has 0 radical (unpaired) electrons. The van der Waals surface area contributed by atoms with Crippen LogP contribution < -0.4 is 4.74 Å². The molecule has 6 heteroatoms. The maximum absolute atomic E-state index is 13.2. The fourth-order valence-corrected chi connectivity index (χ4v) is 4.55. The van der Waals surface area contributed by atoms with Crippen molar-refractivity contribution in [2.45, 2.75) is 32.2 Å². The topological polar surface area (TPSA) is 70.1 Å². The van der Waals surface area contributed by atoms with Crippen LogP contribution in [0.1, 0.15) is 41.1 Å². The average molecular weight is 435 g/mol. The highest BCUT2D eigenvalue weighted by Crippen LogP contribution is 2.41. The minimum absolute atomic E-state index is 0.125. The second kappa shape index (κ2) is 9.17. The Kier molecular flexibility index (Phi) is 6.33. The highest BCUT2D eigenvalue weighted by molar-refractivity contribution is 6.46. The number of rotatable bonds is 6. The Morgan fingerprint density at radius 3 is 2.72 bits per heavy atom. The van der Waals surface area contributed by atoms with E-state index in [1.807, 2.05) is 57.4 Å². The Balaban J connectivity index is 1.80. The summed E-state index contributed by atoms with van der Waals surface area (Å²) in [6.07, 6.45) is 2.51. The highest BCUT2D eigenvalue weighted by Gasteiger charge is 2.46.